The van der Waals surface area contributed by atoms with Gasteiger partial charge in [-0.3, -0.25) is 9.59 Å². The number of hydrogen-bond donors (Lipinski definition) is 2. The summed E-state index contributed by atoms with van der Waals surface area (Å²) < 4.78 is 0. The van der Waals surface area contributed by atoms with Crippen molar-refractivity contribution in [3.8, 4) is 0 Å². The van der Waals surface area contributed by atoms with Crippen LogP contribution in [0.2, 0.25) is 0 Å². The average molecular weight is 356 g/mol. The van der Waals surface area contributed by atoms with Crippen molar-refractivity contribution < 1.29 is 9.59 Å². The van der Waals surface area contributed by atoms with Gasteiger partial charge in [-0.25, -0.2) is 4.98 Å². The summed E-state index contributed by atoms with van der Waals surface area (Å²) in [5.41, 5.74) is 11.1. The monoisotopic (exact) mass is 355 g/mol. The van der Waals surface area contributed by atoms with Crippen molar-refractivity contribution in [1.29, 1.82) is 0 Å². The first-order valence-corrected chi connectivity index (χ1v) is 7.95. The Balaban J connectivity index is 0.00000288. The van der Waals surface area contributed by atoms with Crippen molar-refractivity contribution in [2.24, 2.45) is 11.5 Å². The van der Waals surface area contributed by atoms with Crippen molar-refractivity contribution in [3.05, 3.63) is 23.9 Å². The normalized spacial score (nSPS) is 17.0. The van der Waals surface area contributed by atoms with Crippen LogP contribution in [0.4, 0.5) is 5.82 Å². The van der Waals surface area contributed by atoms with Crippen LogP contribution in [0.25, 0.3) is 0 Å². The van der Waals surface area contributed by atoms with Crippen LogP contribution < -0.4 is 16.4 Å². The lowest BCUT2D eigenvalue weighted by atomic mass is 9.95. The van der Waals surface area contributed by atoms with Crippen molar-refractivity contribution in [2.75, 3.05) is 31.1 Å². The van der Waals surface area contributed by atoms with Crippen LogP contribution in [0, 0.1) is 0 Å². The molecule has 0 radical (unpaired) electrons. The summed E-state index contributed by atoms with van der Waals surface area (Å²) in [6.07, 6.45) is 3.17. The summed E-state index contributed by atoms with van der Waals surface area (Å²) in [6.45, 7) is 6.13. The van der Waals surface area contributed by atoms with Crippen LogP contribution in [0.5, 0.6) is 0 Å². The maximum absolute atomic E-state index is 12.5. The molecule has 24 heavy (non-hydrogen) atoms. The van der Waals surface area contributed by atoms with Gasteiger partial charge in [-0.1, -0.05) is 13.3 Å². The number of carbonyl (C=O) groups is 2. The van der Waals surface area contributed by atoms with Gasteiger partial charge in [0.25, 0.3) is 5.91 Å². The van der Waals surface area contributed by atoms with Crippen molar-refractivity contribution in [3.63, 3.8) is 0 Å². The van der Waals surface area contributed by atoms with Gasteiger partial charge in [-0.05, 0) is 25.5 Å². The number of pyridine rings is 1. The Morgan fingerprint density at radius 3 is 2.46 bits per heavy atom. The molecule has 1 unspecified atom stereocenters. The lowest BCUT2D eigenvalue weighted by molar-refractivity contribution is -0.137. The Morgan fingerprint density at radius 2 is 1.92 bits per heavy atom. The predicted octanol–water partition coefficient (Wildman–Crippen LogP) is 0.768. The molecule has 4 N–H and O–H groups in total. The first-order valence-electron chi connectivity index (χ1n) is 7.95. The molecule has 2 heterocycles. The third-order valence-electron chi connectivity index (χ3n) is 4.18. The average Bonchev–Trinajstić information content (AvgIpc) is 2.54. The molecule has 0 bridgehead atoms. The van der Waals surface area contributed by atoms with Crippen LogP contribution in [0.15, 0.2) is 18.3 Å². The number of carbonyl (C=O) groups excluding carboxylic acids is 2. The SMILES string of the molecule is CCCC(C)(N)C(=O)N1CCN(c2ncccc2C(N)=O)CC1.Cl. The highest BCUT2D eigenvalue weighted by Crippen LogP contribution is 2.20. The van der Waals surface area contributed by atoms with E-state index in [2.05, 4.69) is 4.98 Å². The van der Waals surface area contributed by atoms with Crippen molar-refractivity contribution in [1.82, 2.24) is 9.88 Å². The summed E-state index contributed by atoms with van der Waals surface area (Å²) in [4.78, 5) is 32.1. The number of hydrogen-bond acceptors (Lipinski definition) is 5. The van der Waals surface area contributed by atoms with E-state index >= 15 is 0 Å². The maximum Gasteiger partial charge on any atom is 0.252 e. The second kappa shape index (κ2) is 8.30. The van der Waals surface area contributed by atoms with Crippen molar-refractivity contribution in [2.45, 2.75) is 32.2 Å². The molecule has 1 aliphatic rings. The Kier molecular flexibility index (Phi) is 6.98. The van der Waals surface area contributed by atoms with Gasteiger partial charge in [0.2, 0.25) is 5.91 Å². The van der Waals surface area contributed by atoms with Crippen LogP contribution in [-0.2, 0) is 4.79 Å². The Bertz CT molecular complexity index is 586. The van der Waals surface area contributed by atoms with Gasteiger partial charge < -0.3 is 21.3 Å². The number of nitrogens with two attached hydrogens (primary N) is 2. The van der Waals surface area contributed by atoms with Gasteiger partial charge in [0.15, 0.2) is 0 Å². The number of primary amides is 1. The van der Waals surface area contributed by atoms with E-state index in [0.717, 1.165) is 6.42 Å². The molecule has 2 rings (SSSR count). The molecule has 0 aromatic carbocycles. The van der Waals surface area contributed by atoms with Crippen LogP contribution in [0.1, 0.15) is 37.0 Å². The number of aromatic nitrogens is 1. The molecule has 1 fully saturated rings. The standard InChI is InChI=1S/C16H25N5O2.ClH/c1-3-6-16(2,18)15(23)21-10-8-20(9-11-21)14-12(13(17)22)5-4-7-19-14;/h4-5,7H,3,6,8-11,18H2,1-2H3,(H2,17,22);1H. The number of rotatable bonds is 5. The first kappa shape index (κ1) is 20.2. The molecule has 134 valence electrons. The minimum Gasteiger partial charge on any atom is -0.365 e. The molecule has 0 spiro atoms. The summed E-state index contributed by atoms with van der Waals surface area (Å²) in [5.74, 6) is 0.0652. The second-order valence-electron chi connectivity index (χ2n) is 6.19. The van der Waals surface area contributed by atoms with Gasteiger partial charge in [-0.15, -0.1) is 12.4 Å². The maximum atomic E-state index is 12.5. The molecule has 1 aromatic heterocycles. The van der Waals surface area contributed by atoms with Crippen LogP contribution >= 0.6 is 12.4 Å². The van der Waals surface area contributed by atoms with Gasteiger partial charge >= 0.3 is 0 Å². The fraction of sp³-hybridized carbons (Fsp3) is 0.562. The van der Waals surface area contributed by atoms with E-state index in [4.69, 9.17) is 11.5 Å². The van der Waals surface area contributed by atoms with E-state index in [0.29, 0.717) is 44.0 Å². The van der Waals surface area contributed by atoms with E-state index in [1.54, 1.807) is 30.2 Å². The van der Waals surface area contributed by atoms with Gasteiger partial charge in [0.05, 0.1) is 11.1 Å². The highest BCUT2D eigenvalue weighted by molar-refractivity contribution is 5.97. The fourth-order valence-corrected chi connectivity index (χ4v) is 2.95. The molecule has 0 aliphatic carbocycles. The van der Waals surface area contributed by atoms with E-state index in [1.165, 1.54) is 0 Å². The predicted molar refractivity (Wildman–Crippen MR) is 96.3 cm³/mol. The topological polar surface area (TPSA) is 106 Å². The summed E-state index contributed by atoms with van der Waals surface area (Å²) in [5, 5.41) is 0. The van der Waals surface area contributed by atoms with Crippen LogP contribution in [0.3, 0.4) is 0 Å². The fourth-order valence-electron chi connectivity index (χ4n) is 2.95. The quantitative estimate of drug-likeness (QED) is 0.811. The minimum atomic E-state index is -0.819. The molecule has 1 aliphatic heterocycles. The Morgan fingerprint density at radius 1 is 1.29 bits per heavy atom. The molecule has 1 saturated heterocycles. The number of piperazine rings is 1. The molecular weight excluding hydrogens is 330 g/mol. The van der Waals surface area contributed by atoms with E-state index in [-0.39, 0.29) is 18.3 Å². The Hall–Kier alpha value is -1.86. The third kappa shape index (κ3) is 4.36. The van der Waals surface area contributed by atoms with Crippen LogP contribution in [-0.4, -0.2) is 53.4 Å². The van der Waals surface area contributed by atoms with E-state index < -0.39 is 11.4 Å². The zero-order chi connectivity index (χ0) is 17.0. The molecule has 7 nitrogen and oxygen atoms in total. The molecule has 1 atom stereocenters. The second-order valence-corrected chi connectivity index (χ2v) is 6.19. The molecule has 8 heteroatoms. The zero-order valence-electron chi connectivity index (χ0n) is 14.2. The Labute approximate surface area is 148 Å². The molecule has 1 aromatic rings. The number of amides is 2. The third-order valence-corrected chi connectivity index (χ3v) is 4.18. The number of halogens is 1. The lowest BCUT2D eigenvalue weighted by Gasteiger charge is -2.39. The van der Waals surface area contributed by atoms with E-state index in [1.807, 2.05) is 11.8 Å². The van der Waals surface area contributed by atoms with Gasteiger partial charge in [0.1, 0.15) is 5.82 Å². The molecule has 2 amide bonds. The number of nitrogens with zero attached hydrogens (tertiary/aromatic N) is 3. The van der Waals surface area contributed by atoms with Crippen molar-refractivity contribution >= 4 is 30.0 Å². The first-order chi connectivity index (χ1) is 10.9. The summed E-state index contributed by atoms with van der Waals surface area (Å²) >= 11 is 0. The highest BCUT2D eigenvalue weighted by atomic mass is 35.5. The minimum absolute atomic E-state index is 0. The summed E-state index contributed by atoms with van der Waals surface area (Å²) in [6, 6.07) is 3.36. The van der Waals surface area contributed by atoms with E-state index in [9.17, 15) is 9.59 Å². The zero-order valence-corrected chi connectivity index (χ0v) is 15.0. The molecule has 0 saturated carbocycles. The molecular formula is C16H26ClN5O2. The number of anilines is 1. The highest BCUT2D eigenvalue weighted by Gasteiger charge is 2.34. The lowest BCUT2D eigenvalue weighted by Crippen LogP contribution is -2.58. The smallest absolute Gasteiger partial charge is 0.252 e. The largest absolute Gasteiger partial charge is 0.365 e. The van der Waals surface area contributed by atoms with Gasteiger partial charge in [0, 0.05) is 32.4 Å². The summed E-state index contributed by atoms with van der Waals surface area (Å²) in [7, 11) is 0. The van der Waals surface area contributed by atoms with Gasteiger partial charge in [-0.2, -0.15) is 0 Å².